The molecule has 4 nitrogen and oxygen atoms in total. The fourth-order valence-electron chi connectivity index (χ4n) is 5.51. The lowest BCUT2D eigenvalue weighted by atomic mass is 9.78. The Morgan fingerprint density at radius 2 is 1.44 bits per heavy atom. The van der Waals surface area contributed by atoms with Crippen molar-refractivity contribution in [3.63, 3.8) is 0 Å². The molecule has 1 fully saturated rings. The molecule has 1 atom stereocenters. The van der Waals surface area contributed by atoms with E-state index < -0.39 is 5.41 Å². The molecule has 1 saturated carbocycles. The van der Waals surface area contributed by atoms with E-state index in [0.29, 0.717) is 24.9 Å². The van der Waals surface area contributed by atoms with E-state index in [1.54, 1.807) is 6.92 Å². The van der Waals surface area contributed by atoms with Crippen molar-refractivity contribution < 1.29 is 14.3 Å². The Balaban J connectivity index is 1.40. The Kier molecular flexibility index (Phi) is 12.9. The van der Waals surface area contributed by atoms with Crippen LogP contribution in [0.2, 0.25) is 0 Å². The summed E-state index contributed by atoms with van der Waals surface area (Å²) in [5.74, 6) is 1.54. The maximum absolute atomic E-state index is 12.5. The number of rotatable bonds is 16. The molecule has 0 aliphatic heterocycles. The van der Waals surface area contributed by atoms with Gasteiger partial charge in [0.2, 0.25) is 0 Å². The van der Waals surface area contributed by atoms with E-state index in [1.807, 2.05) is 0 Å². The molecule has 0 spiro atoms. The third kappa shape index (κ3) is 9.71. The molecule has 2 aromatic rings. The van der Waals surface area contributed by atoms with Crippen LogP contribution in [0.5, 0.6) is 5.75 Å². The molecule has 212 valence electrons. The first-order chi connectivity index (χ1) is 19.0. The van der Waals surface area contributed by atoms with Crippen LogP contribution < -0.4 is 4.74 Å². The summed E-state index contributed by atoms with van der Waals surface area (Å²) >= 11 is 0. The monoisotopic (exact) mass is 531 g/mol. The molecule has 0 aromatic heterocycles. The summed E-state index contributed by atoms with van der Waals surface area (Å²) in [5.41, 5.74) is 2.81. The third-order valence-electron chi connectivity index (χ3n) is 8.36. The molecule has 0 saturated heterocycles. The average molecular weight is 532 g/mol. The summed E-state index contributed by atoms with van der Waals surface area (Å²) < 4.78 is 11.6. The molecule has 4 heteroatoms. The van der Waals surface area contributed by atoms with Gasteiger partial charge in [-0.1, -0.05) is 95.2 Å². The number of nitriles is 1. The first-order valence-corrected chi connectivity index (χ1v) is 15.4. The molecule has 1 aliphatic carbocycles. The second-order valence-electron chi connectivity index (χ2n) is 11.6. The smallest absolute Gasteiger partial charge is 0.326 e. The molecular weight excluding hydrogens is 482 g/mol. The van der Waals surface area contributed by atoms with Crippen LogP contribution in [0.4, 0.5) is 0 Å². The fraction of sp³-hybridized carbons (Fsp3) is 0.600. The predicted molar refractivity (Wildman–Crippen MR) is 160 cm³/mol. The van der Waals surface area contributed by atoms with E-state index in [9.17, 15) is 10.1 Å². The largest absolute Gasteiger partial charge is 0.494 e. The maximum Gasteiger partial charge on any atom is 0.326 e. The second kappa shape index (κ2) is 16.3. The van der Waals surface area contributed by atoms with Crippen LogP contribution in [0.1, 0.15) is 116 Å². The summed E-state index contributed by atoms with van der Waals surface area (Å²) in [6, 6.07) is 19.7. The second-order valence-corrected chi connectivity index (χ2v) is 11.6. The van der Waals surface area contributed by atoms with Crippen LogP contribution in [0.3, 0.4) is 0 Å². The van der Waals surface area contributed by atoms with Crippen LogP contribution in [0.25, 0.3) is 11.1 Å². The third-order valence-corrected chi connectivity index (χ3v) is 8.36. The van der Waals surface area contributed by atoms with Crippen molar-refractivity contribution in [2.75, 3.05) is 13.2 Å². The predicted octanol–water partition coefficient (Wildman–Crippen LogP) is 9.63. The van der Waals surface area contributed by atoms with Gasteiger partial charge in [-0.15, -0.1) is 0 Å². The lowest BCUT2D eigenvalue weighted by Crippen LogP contribution is -2.30. The zero-order valence-corrected chi connectivity index (χ0v) is 24.6. The first kappa shape index (κ1) is 30.7. The highest BCUT2D eigenvalue weighted by Gasteiger charge is 2.35. The van der Waals surface area contributed by atoms with Crippen molar-refractivity contribution >= 4 is 5.97 Å². The number of carbonyl (C=O) groups excluding carboxylic acids is 1. The molecule has 1 aliphatic rings. The minimum absolute atomic E-state index is 0.353. The SMILES string of the molecule is CCCCCCCCOc1ccc(-c2ccc(C3CCC(COC(=O)C(C)(C#N)CCCC)CC3)cc2)cc1. The molecule has 0 heterocycles. The average Bonchev–Trinajstić information content (AvgIpc) is 2.99. The van der Waals surface area contributed by atoms with Gasteiger partial charge in [-0.2, -0.15) is 5.26 Å². The van der Waals surface area contributed by atoms with Crippen LogP contribution in [0, 0.1) is 22.7 Å². The molecule has 0 N–H and O–H groups in total. The van der Waals surface area contributed by atoms with E-state index in [-0.39, 0.29) is 5.97 Å². The molecule has 0 amide bonds. The minimum atomic E-state index is -1.02. The molecule has 0 bridgehead atoms. The van der Waals surface area contributed by atoms with E-state index in [0.717, 1.165) is 57.3 Å². The maximum atomic E-state index is 12.5. The lowest BCUT2D eigenvalue weighted by molar-refractivity contribution is -0.153. The molecule has 2 aromatic carbocycles. The number of unbranched alkanes of at least 4 members (excludes halogenated alkanes) is 6. The van der Waals surface area contributed by atoms with Crippen LogP contribution in [0.15, 0.2) is 48.5 Å². The topological polar surface area (TPSA) is 59.3 Å². The van der Waals surface area contributed by atoms with Crippen LogP contribution >= 0.6 is 0 Å². The Labute approximate surface area is 237 Å². The minimum Gasteiger partial charge on any atom is -0.494 e. The number of nitrogens with zero attached hydrogens (tertiary/aromatic N) is 1. The van der Waals surface area contributed by atoms with Gasteiger partial charge in [-0.05, 0) is 86.1 Å². The Hall–Kier alpha value is -2.80. The van der Waals surface area contributed by atoms with E-state index in [1.165, 1.54) is 48.8 Å². The van der Waals surface area contributed by atoms with Gasteiger partial charge < -0.3 is 9.47 Å². The lowest BCUT2D eigenvalue weighted by Gasteiger charge is -2.29. The summed E-state index contributed by atoms with van der Waals surface area (Å²) in [6.45, 7) is 7.26. The highest BCUT2D eigenvalue weighted by atomic mass is 16.5. The van der Waals surface area contributed by atoms with E-state index >= 15 is 0 Å². The summed E-state index contributed by atoms with van der Waals surface area (Å²) in [5, 5.41) is 9.50. The number of hydrogen-bond donors (Lipinski definition) is 0. The number of benzene rings is 2. The number of carbonyl (C=O) groups is 1. The molecule has 39 heavy (non-hydrogen) atoms. The summed E-state index contributed by atoms with van der Waals surface area (Å²) in [6.07, 6.45) is 14.4. The van der Waals surface area contributed by atoms with Crippen LogP contribution in [-0.4, -0.2) is 19.2 Å². The quantitative estimate of drug-likeness (QED) is 0.160. The Bertz CT molecular complexity index is 1020. The van der Waals surface area contributed by atoms with Crippen LogP contribution in [-0.2, 0) is 9.53 Å². The molecule has 1 unspecified atom stereocenters. The normalized spacial score (nSPS) is 18.6. The highest BCUT2D eigenvalue weighted by molar-refractivity contribution is 5.79. The van der Waals surface area contributed by atoms with Crippen molar-refractivity contribution in [3.8, 4) is 22.9 Å². The van der Waals surface area contributed by atoms with Crippen molar-refractivity contribution in [3.05, 3.63) is 54.1 Å². The van der Waals surface area contributed by atoms with E-state index in [4.69, 9.17) is 9.47 Å². The van der Waals surface area contributed by atoms with Crippen molar-refractivity contribution in [2.24, 2.45) is 11.3 Å². The molecule has 0 radical (unpaired) electrons. The van der Waals surface area contributed by atoms with Gasteiger partial charge in [-0.3, -0.25) is 4.79 Å². The van der Waals surface area contributed by atoms with Crippen molar-refractivity contribution in [1.82, 2.24) is 0 Å². The van der Waals surface area contributed by atoms with Crippen molar-refractivity contribution in [1.29, 1.82) is 5.26 Å². The van der Waals surface area contributed by atoms with E-state index in [2.05, 4.69) is 68.4 Å². The number of hydrogen-bond acceptors (Lipinski definition) is 4. The zero-order chi connectivity index (χ0) is 27.9. The van der Waals surface area contributed by atoms with Gasteiger partial charge in [0, 0.05) is 0 Å². The van der Waals surface area contributed by atoms with Gasteiger partial charge in [-0.25, -0.2) is 0 Å². The number of esters is 1. The Morgan fingerprint density at radius 3 is 2.05 bits per heavy atom. The first-order valence-electron chi connectivity index (χ1n) is 15.4. The standard InChI is InChI=1S/C35H49NO3/c1-4-6-8-9-10-11-25-38-33-22-20-32(21-23-33)31-18-16-30(17-19-31)29-14-12-28(13-15-29)26-39-34(37)35(3,27-36)24-7-5-2/h16-23,28-29H,4-15,24-26H2,1-3H3. The van der Waals surface area contributed by atoms with Gasteiger partial charge >= 0.3 is 5.97 Å². The summed E-state index contributed by atoms with van der Waals surface area (Å²) in [4.78, 5) is 12.5. The number of ether oxygens (including phenoxy) is 2. The van der Waals surface area contributed by atoms with Gasteiger partial charge in [0.1, 0.15) is 5.75 Å². The van der Waals surface area contributed by atoms with Gasteiger partial charge in [0.05, 0.1) is 19.3 Å². The van der Waals surface area contributed by atoms with Crippen molar-refractivity contribution in [2.45, 2.75) is 110 Å². The Morgan fingerprint density at radius 1 is 0.846 bits per heavy atom. The highest BCUT2D eigenvalue weighted by Crippen LogP contribution is 2.37. The molecule has 3 rings (SSSR count). The summed E-state index contributed by atoms with van der Waals surface area (Å²) in [7, 11) is 0. The van der Waals surface area contributed by atoms with Gasteiger partial charge in [0.25, 0.3) is 0 Å². The fourth-order valence-corrected chi connectivity index (χ4v) is 5.51. The zero-order valence-electron chi connectivity index (χ0n) is 24.6. The molecular formula is C35H49NO3. The van der Waals surface area contributed by atoms with Gasteiger partial charge in [0.15, 0.2) is 5.41 Å².